The fourth-order valence-electron chi connectivity index (χ4n) is 3.59. The van der Waals surface area contributed by atoms with Crippen LogP contribution in [0.1, 0.15) is 44.9 Å². The van der Waals surface area contributed by atoms with Crippen LogP contribution >= 0.6 is 0 Å². The molecule has 3 rings (SSSR count). The van der Waals surface area contributed by atoms with Crippen molar-refractivity contribution in [3.05, 3.63) is 0 Å². The summed E-state index contributed by atoms with van der Waals surface area (Å²) < 4.78 is 0. The van der Waals surface area contributed by atoms with E-state index in [-0.39, 0.29) is 0 Å². The summed E-state index contributed by atoms with van der Waals surface area (Å²) in [6, 6.07) is 0. The second kappa shape index (κ2) is 4.60. The highest BCUT2D eigenvalue weighted by atomic mass is 16.2. The molecule has 1 aliphatic carbocycles. The molecule has 0 atom stereocenters. The molecule has 1 spiro atoms. The van der Waals surface area contributed by atoms with E-state index in [1.165, 1.54) is 38.5 Å². The van der Waals surface area contributed by atoms with Gasteiger partial charge in [-0.25, -0.2) is 0 Å². The first-order valence-electron chi connectivity index (χ1n) is 7.26. The summed E-state index contributed by atoms with van der Waals surface area (Å²) in [5, 5.41) is 3.43. The first-order chi connectivity index (χ1) is 8.27. The molecule has 2 saturated heterocycles. The number of nitrogens with zero attached hydrogens (tertiary/aromatic N) is 1. The highest BCUT2D eigenvalue weighted by Gasteiger charge is 2.40. The molecular formula is C14H24N2O. The van der Waals surface area contributed by atoms with Gasteiger partial charge in [-0.3, -0.25) is 4.79 Å². The molecule has 0 aromatic rings. The van der Waals surface area contributed by atoms with E-state index in [1.807, 2.05) is 0 Å². The van der Waals surface area contributed by atoms with Crippen LogP contribution in [0.4, 0.5) is 0 Å². The summed E-state index contributed by atoms with van der Waals surface area (Å²) in [7, 11) is 0. The topological polar surface area (TPSA) is 32.3 Å². The van der Waals surface area contributed by atoms with Gasteiger partial charge in [0.05, 0.1) is 0 Å². The fourth-order valence-corrected chi connectivity index (χ4v) is 3.59. The Kier molecular flexibility index (Phi) is 3.12. The third-order valence-electron chi connectivity index (χ3n) is 5.14. The number of likely N-dealkylation sites (tertiary alicyclic amines) is 1. The Morgan fingerprint density at radius 2 is 2.00 bits per heavy atom. The molecule has 1 saturated carbocycles. The molecule has 3 nitrogen and oxygen atoms in total. The lowest BCUT2D eigenvalue weighted by molar-refractivity contribution is -0.132. The average Bonchev–Trinajstić information content (AvgIpc) is 2.68. The van der Waals surface area contributed by atoms with Gasteiger partial charge in [0.2, 0.25) is 5.91 Å². The maximum absolute atomic E-state index is 12.2. The van der Waals surface area contributed by atoms with E-state index in [2.05, 4.69) is 10.2 Å². The van der Waals surface area contributed by atoms with Gasteiger partial charge in [-0.15, -0.1) is 0 Å². The highest BCUT2D eigenvalue weighted by Crippen LogP contribution is 2.39. The largest absolute Gasteiger partial charge is 0.342 e. The van der Waals surface area contributed by atoms with E-state index in [4.69, 9.17) is 0 Å². The molecule has 3 aliphatic rings. The van der Waals surface area contributed by atoms with Crippen molar-refractivity contribution in [2.75, 3.05) is 26.2 Å². The molecule has 1 N–H and O–H groups in total. The van der Waals surface area contributed by atoms with E-state index in [9.17, 15) is 4.79 Å². The molecule has 0 unspecified atom stereocenters. The zero-order chi connectivity index (χ0) is 11.7. The average molecular weight is 236 g/mol. The van der Waals surface area contributed by atoms with Crippen LogP contribution in [0.25, 0.3) is 0 Å². The van der Waals surface area contributed by atoms with Gasteiger partial charge in [-0.05, 0) is 56.5 Å². The number of piperidine rings is 1. The molecule has 2 heterocycles. The van der Waals surface area contributed by atoms with E-state index in [0.717, 1.165) is 32.6 Å². The molecule has 0 aromatic carbocycles. The van der Waals surface area contributed by atoms with Crippen LogP contribution in [-0.4, -0.2) is 37.0 Å². The Labute approximate surface area is 104 Å². The van der Waals surface area contributed by atoms with Gasteiger partial charge in [-0.2, -0.15) is 0 Å². The molecule has 2 aliphatic heterocycles. The van der Waals surface area contributed by atoms with Crippen molar-refractivity contribution in [2.24, 2.45) is 11.3 Å². The van der Waals surface area contributed by atoms with E-state index in [0.29, 0.717) is 17.2 Å². The van der Waals surface area contributed by atoms with E-state index >= 15 is 0 Å². The van der Waals surface area contributed by atoms with Crippen molar-refractivity contribution in [3.8, 4) is 0 Å². The Balaban J connectivity index is 1.53. The van der Waals surface area contributed by atoms with Crippen LogP contribution in [-0.2, 0) is 4.79 Å². The van der Waals surface area contributed by atoms with Crippen LogP contribution < -0.4 is 5.32 Å². The first-order valence-corrected chi connectivity index (χ1v) is 7.26. The van der Waals surface area contributed by atoms with Crippen LogP contribution in [0.15, 0.2) is 0 Å². The number of amides is 1. The Bertz CT molecular complexity index is 293. The summed E-state index contributed by atoms with van der Waals surface area (Å²) in [4.78, 5) is 14.3. The quantitative estimate of drug-likeness (QED) is 0.792. The van der Waals surface area contributed by atoms with Gasteiger partial charge in [0.25, 0.3) is 0 Å². The van der Waals surface area contributed by atoms with Crippen LogP contribution in [0.3, 0.4) is 0 Å². The maximum atomic E-state index is 12.2. The summed E-state index contributed by atoms with van der Waals surface area (Å²) in [6.07, 6.45) is 8.51. The van der Waals surface area contributed by atoms with Gasteiger partial charge < -0.3 is 10.2 Å². The third kappa shape index (κ3) is 2.35. The lowest BCUT2D eigenvalue weighted by atomic mass is 9.78. The SMILES string of the molecule is O=C(CC1CCC1)N1CCC2(CCNCC2)C1. The summed E-state index contributed by atoms with van der Waals surface area (Å²) in [5.41, 5.74) is 0.473. The molecule has 0 bridgehead atoms. The number of hydrogen-bond donors (Lipinski definition) is 1. The standard InChI is InChI=1S/C14H24N2O/c17-13(10-12-2-1-3-12)16-9-6-14(11-16)4-7-15-8-5-14/h12,15H,1-11H2. The number of carbonyl (C=O) groups is 1. The summed E-state index contributed by atoms with van der Waals surface area (Å²) in [6.45, 7) is 4.35. The minimum atomic E-state index is 0.435. The third-order valence-corrected chi connectivity index (χ3v) is 5.14. The molecule has 17 heavy (non-hydrogen) atoms. The lowest BCUT2D eigenvalue weighted by Gasteiger charge is -2.34. The summed E-state index contributed by atoms with van der Waals surface area (Å²) >= 11 is 0. The molecule has 3 heteroatoms. The van der Waals surface area contributed by atoms with Crippen molar-refractivity contribution < 1.29 is 4.79 Å². The number of rotatable bonds is 2. The lowest BCUT2D eigenvalue weighted by Crippen LogP contribution is -2.40. The smallest absolute Gasteiger partial charge is 0.222 e. The van der Waals surface area contributed by atoms with Crippen molar-refractivity contribution in [2.45, 2.75) is 44.9 Å². The minimum absolute atomic E-state index is 0.435. The maximum Gasteiger partial charge on any atom is 0.222 e. The van der Waals surface area contributed by atoms with E-state index in [1.54, 1.807) is 0 Å². The van der Waals surface area contributed by atoms with Crippen molar-refractivity contribution in [1.82, 2.24) is 10.2 Å². The highest BCUT2D eigenvalue weighted by molar-refractivity contribution is 5.77. The normalized spacial score (nSPS) is 28.4. The second-order valence-electron chi connectivity index (χ2n) is 6.32. The van der Waals surface area contributed by atoms with Crippen LogP contribution in [0.2, 0.25) is 0 Å². The minimum Gasteiger partial charge on any atom is -0.342 e. The fraction of sp³-hybridized carbons (Fsp3) is 0.929. The summed E-state index contributed by atoms with van der Waals surface area (Å²) in [5.74, 6) is 1.15. The molecule has 1 amide bonds. The molecule has 96 valence electrons. The predicted molar refractivity (Wildman–Crippen MR) is 67.7 cm³/mol. The van der Waals surface area contributed by atoms with Gasteiger partial charge in [0.15, 0.2) is 0 Å². The van der Waals surface area contributed by atoms with E-state index < -0.39 is 0 Å². The number of hydrogen-bond acceptors (Lipinski definition) is 2. The number of carbonyl (C=O) groups excluding carboxylic acids is 1. The van der Waals surface area contributed by atoms with Crippen molar-refractivity contribution in [1.29, 1.82) is 0 Å². The van der Waals surface area contributed by atoms with Crippen LogP contribution in [0.5, 0.6) is 0 Å². The molecular weight excluding hydrogens is 212 g/mol. The molecule has 0 aromatic heterocycles. The Morgan fingerprint density at radius 1 is 1.24 bits per heavy atom. The Hall–Kier alpha value is -0.570. The first kappa shape index (κ1) is 11.5. The Morgan fingerprint density at radius 3 is 2.65 bits per heavy atom. The molecule has 3 fully saturated rings. The van der Waals surface area contributed by atoms with Crippen molar-refractivity contribution in [3.63, 3.8) is 0 Å². The second-order valence-corrected chi connectivity index (χ2v) is 6.32. The van der Waals surface area contributed by atoms with Crippen LogP contribution in [0, 0.1) is 11.3 Å². The van der Waals surface area contributed by atoms with Crippen molar-refractivity contribution >= 4 is 5.91 Å². The number of nitrogens with one attached hydrogen (secondary N) is 1. The zero-order valence-corrected chi connectivity index (χ0v) is 10.7. The zero-order valence-electron chi connectivity index (χ0n) is 10.7. The van der Waals surface area contributed by atoms with Gasteiger partial charge >= 0.3 is 0 Å². The monoisotopic (exact) mass is 236 g/mol. The molecule has 0 radical (unpaired) electrons. The van der Waals surface area contributed by atoms with Gasteiger partial charge in [-0.1, -0.05) is 6.42 Å². The predicted octanol–water partition coefficient (Wildman–Crippen LogP) is 1.78. The van der Waals surface area contributed by atoms with Gasteiger partial charge in [0.1, 0.15) is 0 Å². The van der Waals surface area contributed by atoms with Gasteiger partial charge in [0, 0.05) is 19.5 Å².